The van der Waals surface area contributed by atoms with E-state index >= 15 is 0 Å². The summed E-state index contributed by atoms with van der Waals surface area (Å²) in [6, 6.07) is 0. The number of methoxy groups -OCH3 is 1. The zero-order valence-electron chi connectivity index (χ0n) is 10.2. The van der Waals surface area contributed by atoms with E-state index in [4.69, 9.17) is 0 Å². The number of hydrogen-bond acceptors (Lipinski definition) is 2. The van der Waals surface area contributed by atoms with Gasteiger partial charge in [0, 0.05) is 6.08 Å². The fraction of sp³-hybridized carbons (Fsp3) is 0.615. The number of rotatable bonds is 6. The predicted molar refractivity (Wildman–Crippen MR) is 63.6 cm³/mol. The quantitative estimate of drug-likeness (QED) is 0.381. The zero-order chi connectivity index (χ0) is 11.7. The number of carbonyl (C=O) groups excluding carboxylic acids is 1. The van der Waals surface area contributed by atoms with Gasteiger partial charge in [-0.25, -0.2) is 4.79 Å². The minimum absolute atomic E-state index is 0.272. The molecule has 0 aliphatic carbocycles. The van der Waals surface area contributed by atoms with Crippen LogP contribution >= 0.6 is 0 Å². The average Bonchev–Trinajstić information content (AvgIpc) is 2.17. The van der Waals surface area contributed by atoms with Crippen LogP contribution in [-0.4, -0.2) is 13.1 Å². The minimum Gasteiger partial charge on any atom is -0.466 e. The normalized spacial score (nSPS) is 12.5. The van der Waals surface area contributed by atoms with E-state index in [0.29, 0.717) is 5.92 Å². The number of ether oxygens (including phenoxy) is 1. The Kier molecular flexibility index (Phi) is 7.69. The molecule has 0 spiro atoms. The molecule has 0 amide bonds. The van der Waals surface area contributed by atoms with Gasteiger partial charge in [-0.15, -0.1) is 0 Å². The van der Waals surface area contributed by atoms with E-state index in [1.54, 1.807) is 0 Å². The maximum absolute atomic E-state index is 10.8. The Hall–Kier alpha value is -1.05. The molecule has 0 aliphatic heterocycles. The lowest BCUT2D eigenvalue weighted by Crippen LogP contribution is -1.96. The molecule has 0 aromatic carbocycles. The summed E-state index contributed by atoms with van der Waals surface area (Å²) in [7, 11) is 1.39. The fourth-order valence-corrected chi connectivity index (χ4v) is 1.24. The van der Waals surface area contributed by atoms with E-state index in [1.807, 2.05) is 6.08 Å². The molecular formula is C13H22O2. The first kappa shape index (κ1) is 13.9. The molecule has 86 valence electrons. The third-order valence-corrected chi connectivity index (χ3v) is 2.21. The summed E-state index contributed by atoms with van der Waals surface area (Å²) in [5, 5.41) is 0. The highest BCUT2D eigenvalue weighted by Gasteiger charge is 1.98. The number of hydrogen-bond donors (Lipinski definition) is 0. The molecule has 0 bridgehead atoms. The van der Waals surface area contributed by atoms with Crippen molar-refractivity contribution in [1.29, 1.82) is 0 Å². The van der Waals surface area contributed by atoms with Crippen LogP contribution in [-0.2, 0) is 9.53 Å². The van der Waals surface area contributed by atoms with Crippen molar-refractivity contribution in [1.82, 2.24) is 0 Å². The maximum Gasteiger partial charge on any atom is 0.330 e. The van der Waals surface area contributed by atoms with E-state index in [2.05, 4.69) is 31.6 Å². The molecule has 1 atom stereocenters. The Morgan fingerprint density at radius 2 is 2.07 bits per heavy atom. The molecular weight excluding hydrogens is 188 g/mol. The topological polar surface area (TPSA) is 26.3 Å². The summed E-state index contributed by atoms with van der Waals surface area (Å²) in [6.45, 7) is 6.42. The molecule has 0 saturated carbocycles. The monoisotopic (exact) mass is 210 g/mol. The van der Waals surface area contributed by atoms with Crippen molar-refractivity contribution in [2.45, 2.75) is 40.0 Å². The van der Waals surface area contributed by atoms with E-state index in [9.17, 15) is 4.79 Å². The first-order chi connectivity index (χ1) is 7.06. The molecule has 0 unspecified atom stereocenters. The number of allylic oxidation sites excluding steroid dienone is 3. The van der Waals surface area contributed by atoms with E-state index < -0.39 is 0 Å². The molecule has 2 nitrogen and oxygen atoms in total. The van der Waals surface area contributed by atoms with Gasteiger partial charge in [-0.1, -0.05) is 24.6 Å². The van der Waals surface area contributed by atoms with Crippen LogP contribution in [0.3, 0.4) is 0 Å². The number of esters is 1. The van der Waals surface area contributed by atoms with Gasteiger partial charge in [-0.3, -0.25) is 0 Å². The lowest BCUT2D eigenvalue weighted by Gasteiger charge is -2.05. The summed E-state index contributed by atoms with van der Waals surface area (Å²) in [5.41, 5.74) is 1.37. The van der Waals surface area contributed by atoms with E-state index in [1.165, 1.54) is 18.8 Å². The molecule has 0 aromatic rings. The van der Waals surface area contributed by atoms with Crippen LogP contribution in [0.15, 0.2) is 23.8 Å². The molecule has 0 radical (unpaired) electrons. The largest absolute Gasteiger partial charge is 0.466 e. The van der Waals surface area contributed by atoms with Gasteiger partial charge < -0.3 is 4.74 Å². The fourth-order valence-electron chi connectivity index (χ4n) is 1.24. The van der Waals surface area contributed by atoms with Crippen LogP contribution in [0.5, 0.6) is 0 Å². The summed E-state index contributed by atoms with van der Waals surface area (Å²) in [4.78, 5) is 10.8. The highest BCUT2D eigenvalue weighted by atomic mass is 16.5. The van der Waals surface area contributed by atoms with Crippen LogP contribution in [0, 0.1) is 5.92 Å². The van der Waals surface area contributed by atoms with E-state index in [0.717, 1.165) is 19.3 Å². The van der Waals surface area contributed by atoms with Gasteiger partial charge in [0.15, 0.2) is 0 Å². The van der Waals surface area contributed by atoms with Gasteiger partial charge in [0.1, 0.15) is 0 Å². The maximum atomic E-state index is 10.8. The van der Waals surface area contributed by atoms with Crippen LogP contribution in [0.25, 0.3) is 0 Å². The molecule has 0 saturated heterocycles. The van der Waals surface area contributed by atoms with Crippen LogP contribution < -0.4 is 0 Å². The van der Waals surface area contributed by atoms with Crippen molar-refractivity contribution >= 4 is 5.97 Å². The smallest absolute Gasteiger partial charge is 0.330 e. The third kappa shape index (κ3) is 9.26. The van der Waals surface area contributed by atoms with Crippen molar-refractivity contribution in [2.75, 3.05) is 7.11 Å². The van der Waals surface area contributed by atoms with Crippen LogP contribution in [0.1, 0.15) is 40.0 Å². The first-order valence-corrected chi connectivity index (χ1v) is 5.44. The van der Waals surface area contributed by atoms with Gasteiger partial charge in [0.2, 0.25) is 0 Å². The minimum atomic E-state index is -0.272. The molecule has 0 rings (SSSR count). The molecule has 0 fully saturated rings. The van der Waals surface area contributed by atoms with Crippen molar-refractivity contribution in [3.63, 3.8) is 0 Å². The Bertz CT molecular complexity index is 235. The molecule has 15 heavy (non-hydrogen) atoms. The van der Waals surface area contributed by atoms with Crippen molar-refractivity contribution in [2.24, 2.45) is 5.92 Å². The van der Waals surface area contributed by atoms with Gasteiger partial charge in [0.05, 0.1) is 7.11 Å². The van der Waals surface area contributed by atoms with Crippen LogP contribution in [0.4, 0.5) is 0 Å². The van der Waals surface area contributed by atoms with Crippen LogP contribution in [0.2, 0.25) is 0 Å². The van der Waals surface area contributed by atoms with Crippen molar-refractivity contribution < 1.29 is 9.53 Å². The second kappa shape index (κ2) is 8.27. The van der Waals surface area contributed by atoms with Gasteiger partial charge >= 0.3 is 5.97 Å². The summed E-state index contributed by atoms with van der Waals surface area (Å²) in [5.74, 6) is 0.341. The van der Waals surface area contributed by atoms with Gasteiger partial charge in [-0.05, 0) is 39.0 Å². The van der Waals surface area contributed by atoms with Gasteiger partial charge in [0.25, 0.3) is 0 Å². The Morgan fingerprint density at radius 3 is 2.60 bits per heavy atom. The van der Waals surface area contributed by atoms with E-state index in [-0.39, 0.29) is 5.97 Å². The zero-order valence-corrected chi connectivity index (χ0v) is 10.2. The molecule has 0 aliphatic rings. The second-order valence-corrected chi connectivity index (χ2v) is 4.13. The second-order valence-electron chi connectivity index (χ2n) is 4.13. The van der Waals surface area contributed by atoms with Crippen molar-refractivity contribution in [3.8, 4) is 0 Å². The Balaban J connectivity index is 3.66. The lowest BCUT2D eigenvalue weighted by atomic mass is 10.0. The third-order valence-electron chi connectivity index (χ3n) is 2.21. The highest BCUT2D eigenvalue weighted by molar-refractivity contribution is 5.81. The van der Waals surface area contributed by atoms with Crippen molar-refractivity contribution in [3.05, 3.63) is 23.8 Å². The standard InChI is InChI=1S/C13H22O2/c1-11(2)7-5-8-12(3)9-6-10-13(14)15-4/h6-7,10,12H,5,8-9H2,1-4H3/b10-6-/t12-/m1/s1. The molecule has 2 heteroatoms. The molecule has 0 heterocycles. The average molecular weight is 210 g/mol. The number of carbonyl (C=O) groups is 1. The lowest BCUT2D eigenvalue weighted by molar-refractivity contribution is -0.134. The van der Waals surface area contributed by atoms with Gasteiger partial charge in [-0.2, -0.15) is 0 Å². The predicted octanol–water partition coefficient (Wildman–Crippen LogP) is 3.49. The summed E-state index contributed by atoms with van der Waals surface area (Å²) >= 11 is 0. The Labute approximate surface area is 93.0 Å². The molecule has 0 N–H and O–H groups in total. The Morgan fingerprint density at radius 1 is 1.40 bits per heavy atom. The first-order valence-electron chi connectivity index (χ1n) is 5.44. The molecule has 0 aromatic heterocycles. The summed E-state index contributed by atoms with van der Waals surface area (Å²) < 4.78 is 4.51. The SMILES string of the molecule is COC(=O)/C=C\C[C@H](C)CCC=C(C)C. The highest BCUT2D eigenvalue weighted by Crippen LogP contribution is 2.12. The summed E-state index contributed by atoms with van der Waals surface area (Å²) in [6.07, 6.45) is 8.86.